The van der Waals surface area contributed by atoms with Gasteiger partial charge < -0.3 is 5.32 Å². The third-order valence-corrected chi connectivity index (χ3v) is 3.52. The van der Waals surface area contributed by atoms with E-state index < -0.39 is 0 Å². The molecule has 15 heavy (non-hydrogen) atoms. The molecule has 0 unspecified atom stereocenters. The predicted molar refractivity (Wildman–Crippen MR) is 63.7 cm³/mol. The van der Waals surface area contributed by atoms with Crippen LogP contribution in [0.1, 0.15) is 65.2 Å². The molecule has 1 atom stereocenters. The first-order chi connectivity index (χ1) is 7.22. The lowest BCUT2D eigenvalue weighted by Gasteiger charge is -2.21. The van der Waals surface area contributed by atoms with Crippen LogP contribution < -0.4 is 5.32 Å². The van der Waals surface area contributed by atoms with E-state index >= 15 is 0 Å². The summed E-state index contributed by atoms with van der Waals surface area (Å²) in [5, 5.41) is 3.03. The summed E-state index contributed by atoms with van der Waals surface area (Å²) >= 11 is 0. The summed E-state index contributed by atoms with van der Waals surface area (Å²) in [5.74, 6) is 1.07. The quantitative estimate of drug-likeness (QED) is 0.743. The minimum Gasteiger partial charge on any atom is -0.354 e. The summed E-state index contributed by atoms with van der Waals surface area (Å²) < 4.78 is 0. The highest BCUT2D eigenvalue weighted by molar-refractivity contribution is 5.76. The van der Waals surface area contributed by atoms with Crippen LogP contribution >= 0.6 is 0 Å². The van der Waals surface area contributed by atoms with Gasteiger partial charge in [-0.3, -0.25) is 4.79 Å². The van der Waals surface area contributed by atoms with Gasteiger partial charge in [-0.1, -0.05) is 39.0 Å². The van der Waals surface area contributed by atoms with Crippen molar-refractivity contribution < 1.29 is 4.79 Å². The predicted octanol–water partition coefficient (Wildman–Crippen LogP) is 3.26. The number of nitrogens with one attached hydrogen (secondary N) is 1. The Balaban J connectivity index is 2.10. The van der Waals surface area contributed by atoms with Crippen LogP contribution in [0.4, 0.5) is 0 Å². The zero-order valence-electron chi connectivity index (χ0n) is 10.2. The minimum atomic E-state index is 0.245. The molecule has 1 fully saturated rings. The maximum atomic E-state index is 11.5. The maximum absolute atomic E-state index is 11.5. The fraction of sp³-hybridized carbons (Fsp3) is 0.923. The minimum absolute atomic E-state index is 0.245. The molecule has 1 N–H and O–H groups in total. The van der Waals surface area contributed by atoms with Crippen LogP contribution in [0.25, 0.3) is 0 Å². The molecular weight excluding hydrogens is 186 g/mol. The Hall–Kier alpha value is -0.530. The van der Waals surface area contributed by atoms with Gasteiger partial charge in [0.15, 0.2) is 0 Å². The van der Waals surface area contributed by atoms with E-state index in [0.29, 0.717) is 6.04 Å². The van der Waals surface area contributed by atoms with E-state index in [-0.39, 0.29) is 5.91 Å². The third-order valence-electron chi connectivity index (χ3n) is 3.52. The largest absolute Gasteiger partial charge is 0.354 e. The van der Waals surface area contributed by atoms with Crippen molar-refractivity contribution >= 4 is 5.91 Å². The van der Waals surface area contributed by atoms with Crippen LogP contribution in [0.3, 0.4) is 0 Å². The summed E-state index contributed by atoms with van der Waals surface area (Å²) in [4.78, 5) is 11.5. The number of carbonyl (C=O) groups excluding carboxylic acids is 1. The Bertz CT molecular complexity index is 185. The van der Waals surface area contributed by atoms with Crippen molar-refractivity contribution in [2.24, 2.45) is 5.92 Å². The first-order valence-corrected chi connectivity index (χ1v) is 6.51. The Kier molecular flexibility index (Phi) is 5.74. The van der Waals surface area contributed by atoms with Crippen LogP contribution in [0.15, 0.2) is 0 Å². The number of hydrogen-bond acceptors (Lipinski definition) is 1. The van der Waals surface area contributed by atoms with Gasteiger partial charge in [-0.05, 0) is 25.7 Å². The van der Waals surface area contributed by atoms with Gasteiger partial charge >= 0.3 is 0 Å². The van der Waals surface area contributed by atoms with E-state index in [1.807, 2.05) is 0 Å². The van der Waals surface area contributed by atoms with Gasteiger partial charge in [0.1, 0.15) is 0 Å². The smallest absolute Gasteiger partial charge is 0.220 e. The standard InChI is InChI=1S/C13H25NO/c1-3-11(2)14-13(15)10-9-12-7-5-4-6-8-12/h11-12H,3-10H2,1-2H3,(H,14,15)/t11-/m0/s1. The average molecular weight is 211 g/mol. The van der Waals surface area contributed by atoms with Crippen molar-refractivity contribution in [3.8, 4) is 0 Å². The van der Waals surface area contributed by atoms with E-state index in [0.717, 1.165) is 25.2 Å². The topological polar surface area (TPSA) is 29.1 Å². The van der Waals surface area contributed by atoms with Gasteiger partial charge in [-0.25, -0.2) is 0 Å². The van der Waals surface area contributed by atoms with Gasteiger partial charge in [-0.2, -0.15) is 0 Å². The molecule has 0 heterocycles. The van der Waals surface area contributed by atoms with E-state index in [1.165, 1.54) is 32.1 Å². The SMILES string of the molecule is CC[C@H](C)NC(=O)CCC1CCCCC1. The maximum Gasteiger partial charge on any atom is 0.220 e. The van der Waals surface area contributed by atoms with Crippen molar-refractivity contribution in [3.05, 3.63) is 0 Å². The fourth-order valence-electron chi connectivity index (χ4n) is 2.26. The van der Waals surface area contributed by atoms with Crippen molar-refractivity contribution in [1.82, 2.24) is 5.32 Å². The van der Waals surface area contributed by atoms with Crippen LogP contribution in [-0.4, -0.2) is 11.9 Å². The van der Waals surface area contributed by atoms with Gasteiger partial charge in [0, 0.05) is 12.5 Å². The molecule has 0 aromatic rings. The molecule has 88 valence electrons. The van der Waals surface area contributed by atoms with E-state index in [1.54, 1.807) is 0 Å². The lowest BCUT2D eigenvalue weighted by atomic mass is 9.86. The average Bonchev–Trinajstić information content (AvgIpc) is 2.27. The Morgan fingerprint density at radius 1 is 1.33 bits per heavy atom. The highest BCUT2D eigenvalue weighted by atomic mass is 16.1. The first kappa shape index (κ1) is 12.5. The molecule has 0 aromatic heterocycles. The zero-order valence-corrected chi connectivity index (χ0v) is 10.2. The summed E-state index contributed by atoms with van der Waals surface area (Å²) in [6.45, 7) is 4.17. The van der Waals surface area contributed by atoms with Crippen molar-refractivity contribution in [2.45, 2.75) is 71.3 Å². The molecule has 0 saturated heterocycles. The molecule has 0 aliphatic heterocycles. The molecule has 0 bridgehead atoms. The number of hydrogen-bond donors (Lipinski definition) is 1. The van der Waals surface area contributed by atoms with Crippen molar-refractivity contribution in [1.29, 1.82) is 0 Å². The second-order valence-electron chi connectivity index (χ2n) is 4.92. The lowest BCUT2D eigenvalue weighted by Crippen LogP contribution is -2.32. The van der Waals surface area contributed by atoms with Crippen LogP contribution in [0.5, 0.6) is 0 Å². The molecule has 0 spiro atoms. The van der Waals surface area contributed by atoms with Crippen LogP contribution in [0.2, 0.25) is 0 Å². The zero-order chi connectivity index (χ0) is 11.1. The second-order valence-corrected chi connectivity index (χ2v) is 4.92. The Morgan fingerprint density at radius 2 is 2.00 bits per heavy atom. The van der Waals surface area contributed by atoms with Gasteiger partial charge in [-0.15, -0.1) is 0 Å². The summed E-state index contributed by atoms with van der Waals surface area (Å²) in [6, 6.07) is 0.337. The number of amides is 1. The van der Waals surface area contributed by atoms with Gasteiger partial charge in [0.25, 0.3) is 0 Å². The van der Waals surface area contributed by atoms with Gasteiger partial charge in [0.2, 0.25) is 5.91 Å². The number of carbonyl (C=O) groups is 1. The molecular formula is C13H25NO. The highest BCUT2D eigenvalue weighted by Crippen LogP contribution is 2.27. The molecule has 0 radical (unpaired) electrons. The molecule has 1 aliphatic rings. The van der Waals surface area contributed by atoms with E-state index in [2.05, 4.69) is 19.2 Å². The number of rotatable bonds is 5. The normalized spacial score (nSPS) is 19.9. The highest BCUT2D eigenvalue weighted by Gasteiger charge is 2.15. The Labute approximate surface area is 93.8 Å². The molecule has 1 rings (SSSR count). The van der Waals surface area contributed by atoms with E-state index in [4.69, 9.17) is 0 Å². The van der Waals surface area contributed by atoms with E-state index in [9.17, 15) is 4.79 Å². The summed E-state index contributed by atoms with van der Waals surface area (Å²) in [6.07, 6.45) is 9.69. The summed E-state index contributed by atoms with van der Waals surface area (Å²) in [5.41, 5.74) is 0. The third kappa shape index (κ3) is 5.19. The van der Waals surface area contributed by atoms with Crippen molar-refractivity contribution in [3.63, 3.8) is 0 Å². The first-order valence-electron chi connectivity index (χ1n) is 6.51. The second kappa shape index (κ2) is 6.86. The molecule has 2 nitrogen and oxygen atoms in total. The Morgan fingerprint density at radius 3 is 2.60 bits per heavy atom. The fourth-order valence-corrected chi connectivity index (χ4v) is 2.26. The molecule has 2 heteroatoms. The monoisotopic (exact) mass is 211 g/mol. The molecule has 0 aromatic carbocycles. The van der Waals surface area contributed by atoms with Crippen LogP contribution in [0, 0.1) is 5.92 Å². The molecule has 1 amide bonds. The molecule has 1 saturated carbocycles. The summed E-state index contributed by atoms with van der Waals surface area (Å²) in [7, 11) is 0. The van der Waals surface area contributed by atoms with Crippen molar-refractivity contribution in [2.75, 3.05) is 0 Å². The lowest BCUT2D eigenvalue weighted by molar-refractivity contribution is -0.122. The molecule has 1 aliphatic carbocycles. The van der Waals surface area contributed by atoms with Crippen LogP contribution in [-0.2, 0) is 4.79 Å². The van der Waals surface area contributed by atoms with Gasteiger partial charge in [0.05, 0.1) is 0 Å².